The van der Waals surface area contributed by atoms with E-state index in [1.54, 1.807) is 77.0 Å². The summed E-state index contributed by atoms with van der Waals surface area (Å²) in [7, 11) is -1.14. The second kappa shape index (κ2) is 19.5. The number of rotatable bonds is 4. The number of halogens is 4. The van der Waals surface area contributed by atoms with Crippen molar-refractivity contribution in [3.8, 4) is 0 Å². The van der Waals surface area contributed by atoms with Gasteiger partial charge >= 0.3 is 32.5 Å². The van der Waals surface area contributed by atoms with Gasteiger partial charge in [0, 0.05) is 0 Å². The van der Waals surface area contributed by atoms with Crippen LogP contribution >= 0.6 is 17.6 Å². The van der Waals surface area contributed by atoms with Gasteiger partial charge in [-0.3, -0.25) is 0 Å². The molecule has 1 aromatic rings. The number of alkyl halides is 3. The summed E-state index contributed by atoms with van der Waals surface area (Å²) in [5.74, 6) is 0.653. The molecule has 228 valence electrons. The fourth-order valence-corrected chi connectivity index (χ4v) is 10.7. The molecule has 39 heavy (non-hydrogen) atoms. The molecule has 0 aromatic heterocycles. The Hall–Kier alpha value is 0.263. The van der Waals surface area contributed by atoms with Gasteiger partial charge in [-0.25, -0.2) is 8.42 Å². The van der Waals surface area contributed by atoms with Crippen molar-refractivity contribution in [3.63, 3.8) is 0 Å². The van der Waals surface area contributed by atoms with E-state index in [9.17, 15) is 13.2 Å². The topological polar surface area (TPSA) is 57.2 Å². The summed E-state index contributed by atoms with van der Waals surface area (Å²) in [4.78, 5) is 0. The molecule has 4 rings (SSSR count). The molecule has 0 aliphatic heterocycles. The fourth-order valence-electron chi connectivity index (χ4n) is 5.98. The van der Waals surface area contributed by atoms with Crippen molar-refractivity contribution in [1.82, 2.24) is 0 Å². The van der Waals surface area contributed by atoms with Crippen molar-refractivity contribution in [2.24, 2.45) is 0 Å². The molecular weight excluding hydrogens is 653 g/mol. The third-order valence-electron chi connectivity index (χ3n) is 8.02. The Labute approximate surface area is 251 Å². The Morgan fingerprint density at radius 2 is 1.05 bits per heavy atom. The van der Waals surface area contributed by atoms with Gasteiger partial charge < -0.3 is 4.55 Å². The van der Waals surface area contributed by atoms with Crippen LogP contribution in [0.5, 0.6) is 0 Å². The molecule has 0 spiro atoms. The molecule has 0 bridgehead atoms. The van der Waals surface area contributed by atoms with Gasteiger partial charge in [-0.2, -0.15) is 13.2 Å². The minimum atomic E-state index is -6.09. The zero-order chi connectivity index (χ0) is 29.5. The van der Waals surface area contributed by atoms with Crippen LogP contribution in [0, 0.1) is 6.92 Å². The minimum absolute atomic E-state index is 0.385. The Bertz CT molecular complexity index is 824. The van der Waals surface area contributed by atoms with E-state index < -0.39 is 15.6 Å². The first kappa shape index (κ1) is 37.3. The van der Waals surface area contributed by atoms with E-state index in [0.29, 0.717) is 13.8 Å². The molecule has 3 saturated carbocycles. The molecule has 0 radical (unpaired) electrons. The standard InChI is InChI=1S/C18H33P.C10H14.CHF3O3S.ClH.Ru/c1-4-10-16(11-5-1)19(17-12-6-2-7-13-17)18-14-8-3-9-15-18;1-8(2)10-6-4-9(3)5-7-10;2-1(3,4)8(5,6)7;;/h16-18H,1-15H2;4-8H,1-3H3;(H,5,6,7);1H;/q;;;;+2/p-2. The maximum absolute atomic E-state index is 10.7. The summed E-state index contributed by atoms with van der Waals surface area (Å²) < 4.78 is 58.9. The van der Waals surface area contributed by atoms with Gasteiger partial charge in [-0.1, -0.05) is 109 Å². The Morgan fingerprint density at radius 1 is 0.769 bits per heavy atom. The summed E-state index contributed by atoms with van der Waals surface area (Å²) in [6, 6.07) is 8.71. The molecule has 0 saturated heterocycles. The van der Waals surface area contributed by atoms with Gasteiger partial charge in [0.05, 0.1) is 0 Å². The number of hydrogen-bond acceptors (Lipinski definition) is 3. The van der Waals surface area contributed by atoms with Crippen molar-refractivity contribution in [1.29, 1.82) is 0 Å². The van der Waals surface area contributed by atoms with E-state index in [1.807, 2.05) is 17.3 Å². The van der Waals surface area contributed by atoms with E-state index in [4.69, 9.17) is 13.0 Å². The van der Waals surface area contributed by atoms with Gasteiger partial charge in [0.15, 0.2) is 10.1 Å². The van der Waals surface area contributed by atoms with Gasteiger partial charge in [-0.15, -0.1) is 0 Å². The van der Waals surface area contributed by atoms with Crippen LogP contribution in [0.3, 0.4) is 0 Å². The van der Waals surface area contributed by atoms with E-state index in [2.05, 4.69) is 54.7 Å². The first-order valence-corrected chi connectivity index (χ1v) is 19.6. The first-order chi connectivity index (χ1) is 18.4. The Balaban J connectivity index is 0.000000321. The van der Waals surface area contributed by atoms with E-state index in [0.717, 1.165) is 0 Å². The van der Waals surface area contributed by atoms with E-state index in [1.165, 1.54) is 47.4 Å². The molecule has 0 atom stereocenters. The Kier molecular flexibility index (Phi) is 18.6. The van der Waals surface area contributed by atoms with Crippen molar-refractivity contribution in [3.05, 3.63) is 35.4 Å². The van der Waals surface area contributed by atoms with Crippen LogP contribution in [0.15, 0.2) is 24.3 Å². The van der Waals surface area contributed by atoms with E-state index in [-0.39, 0.29) is 0 Å². The summed E-state index contributed by atoms with van der Waals surface area (Å²) in [6.07, 6.45) is 23.6. The summed E-state index contributed by atoms with van der Waals surface area (Å²) in [6.45, 7) is 6.54. The molecule has 3 aliphatic carbocycles. The molecule has 3 nitrogen and oxygen atoms in total. The second-order valence-corrected chi connectivity index (χ2v) is 15.7. The predicted molar refractivity (Wildman–Crippen MR) is 154 cm³/mol. The SMILES string of the molecule is C1CCC(P(C2CCCCC2)C2CCCCC2)CC1.Cc1ccc(C(C)C)cc1.O=S(=O)([O-])C(F)(F)F.[Cl][Ru+]. The Morgan fingerprint density at radius 3 is 1.28 bits per heavy atom. The molecular formula is C29H47ClF3O3PRuS. The molecule has 0 heterocycles. The summed E-state index contributed by atoms with van der Waals surface area (Å²) >= 11 is 1.82. The number of hydrogen-bond donors (Lipinski definition) is 0. The number of benzene rings is 1. The normalized spacial score (nSPS) is 19.8. The number of aryl methyl sites for hydroxylation is 1. The average Bonchev–Trinajstić information content (AvgIpc) is 2.92. The maximum atomic E-state index is 10.7. The molecule has 1 aromatic carbocycles. The van der Waals surface area contributed by atoms with Crippen molar-refractivity contribution >= 4 is 27.7 Å². The van der Waals surface area contributed by atoms with Crippen molar-refractivity contribution in [2.45, 2.75) is 145 Å². The molecule has 0 unspecified atom stereocenters. The molecule has 3 fully saturated rings. The van der Waals surface area contributed by atoms with Gasteiger partial charge in [-0.05, 0) is 73.9 Å². The van der Waals surface area contributed by atoms with Crippen LogP contribution in [-0.4, -0.2) is 35.5 Å². The van der Waals surface area contributed by atoms with Crippen LogP contribution in [0.4, 0.5) is 13.2 Å². The monoisotopic (exact) mass is 700 g/mol. The van der Waals surface area contributed by atoms with Crippen molar-refractivity contribution in [2.75, 3.05) is 0 Å². The van der Waals surface area contributed by atoms with E-state index >= 15 is 0 Å². The molecule has 10 heteroatoms. The molecule has 0 amide bonds. The quantitative estimate of drug-likeness (QED) is 0.136. The van der Waals surface area contributed by atoms with Gasteiger partial charge in [0.2, 0.25) is 0 Å². The van der Waals surface area contributed by atoms with Crippen LogP contribution in [-0.2, 0) is 27.4 Å². The zero-order valence-corrected chi connectivity index (χ0v) is 27.9. The molecule has 3 aliphatic rings. The predicted octanol–water partition coefficient (Wildman–Crippen LogP) is 10.3. The third-order valence-corrected chi connectivity index (χ3v) is 12.7. The van der Waals surface area contributed by atoms with Crippen LogP contribution < -0.4 is 0 Å². The third kappa shape index (κ3) is 14.3. The van der Waals surface area contributed by atoms with Crippen LogP contribution in [0.2, 0.25) is 0 Å². The summed E-state index contributed by atoms with van der Waals surface area (Å²) in [5.41, 5.74) is 0.683. The zero-order valence-electron chi connectivity index (χ0n) is 23.7. The first-order valence-electron chi connectivity index (χ1n) is 14.4. The molecule has 0 N–H and O–H groups in total. The van der Waals surface area contributed by atoms with Crippen molar-refractivity contribution < 1.29 is 43.5 Å². The second-order valence-electron chi connectivity index (χ2n) is 11.3. The van der Waals surface area contributed by atoms with Gasteiger partial charge in [0.1, 0.15) is 0 Å². The summed E-state index contributed by atoms with van der Waals surface area (Å²) in [5, 5.41) is 0. The fraction of sp³-hybridized carbons (Fsp3) is 0.793. The van der Waals surface area contributed by atoms with Crippen LogP contribution in [0.1, 0.15) is 127 Å². The average molecular weight is 700 g/mol. The van der Waals surface area contributed by atoms with Crippen LogP contribution in [0.25, 0.3) is 0 Å². The van der Waals surface area contributed by atoms with Gasteiger partial charge in [0.25, 0.3) is 0 Å².